The van der Waals surface area contributed by atoms with Crippen molar-refractivity contribution < 1.29 is 4.79 Å². The van der Waals surface area contributed by atoms with Crippen LogP contribution in [0.2, 0.25) is 0 Å². The lowest BCUT2D eigenvalue weighted by molar-refractivity contribution is 0.0685. The summed E-state index contributed by atoms with van der Waals surface area (Å²) in [5.74, 6) is 0.557. The lowest BCUT2D eigenvalue weighted by Crippen LogP contribution is -2.40. The number of hydrogen-bond donors (Lipinski definition) is 0. The average Bonchev–Trinajstić information content (AvgIpc) is 3.09. The number of likely N-dealkylation sites (tertiary alicyclic amines) is 1. The zero-order valence-electron chi connectivity index (χ0n) is 15.2. The van der Waals surface area contributed by atoms with Gasteiger partial charge in [-0.15, -0.1) is 11.3 Å². The summed E-state index contributed by atoms with van der Waals surface area (Å²) in [6.07, 6.45) is 6.17. The Morgan fingerprint density at radius 3 is 2.73 bits per heavy atom. The SMILES string of the molecule is Cc1csc(C(=O)N2CCC(Cn3nc4c(cc3=O)CCCC4)CC2)c1. The fraction of sp³-hybridized carbons (Fsp3) is 0.550. The van der Waals surface area contributed by atoms with Gasteiger partial charge in [0.1, 0.15) is 0 Å². The molecule has 3 heterocycles. The first kappa shape index (κ1) is 17.5. The molecule has 26 heavy (non-hydrogen) atoms. The third kappa shape index (κ3) is 3.61. The highest BCUT2D eigenvalue weighted by Gasteiger charge is 2.25. The first-order valence-electron chi connectivity index (χ1n) is 9.54. The van der Waals surface area contributed by atoms with Gasteiger partial charge in [0.05, 0.1) is 10.6 Å². The van der Waals surface area contributed by atoms with Gasteiger partial charge in [-0.1, -0.05) is 0 Å². The van der Waals surface area contributed by atoms with Crippen molar-refractivity contribution in [3.63, 3.8) is 0 Å². The fourth-order valence-corrected chi connectivity index (χ4v) is 4.86. The quantitative estimate of drug-likeness (QED) is 0.833. The molecule has 6 heteroatoms. The Hall–Kier alpha value is -1.95. The highest BCUT2D eigenvalue weighted by molar-refractivity contribution is 7.12. The molecule has 0 saturated carbocycles. The Bertz CT molecular complexity index is 862. The van der Waals surface area contributed by atoms with Crippen LogP contribution in [-0.2, 0) is 19.4 Å². The zero-order valence-corrected chi connectivity index (χ0v) is 16.1. The number of fused-ring (bicyclic) bond motifs is 1. The molecule has 1 fully saturated rings. The van der Waals surface area contributed by atoms with Crippen molar-refractivity contribution in [2.45, 2.75) is 52.0 Å². The Morgan fingerprint density at radius 1 is 1.23 bits per heavy atom. The van der Waals surface area contributed by atoms with E-state index in [2.05, 4.69) is 5.10 Å². The minimum Gasteiger partial charge on any atom is -0.338 e. The van der Waals surface area contributed by atoms with Crippen LogP contribution in [0.3, 0.4) is 0 Å². The van der Waals surface area contributed by atoms with Crippen molar-refractivity contribution in [3.05, 3.63) is 49.6 Å². The second-order valence-corrected chi connectivity index (χ2v) is 8.48. The second-order valence-electron chi connectivity index (χ2n) is 7.57. The third-order valence-electron chi connectivity index (χ3n) is 5.55. The summed E-state index contributed by atoms with van der Waals surface area (Å²) in [4.78, 5) is 27.7. The molecule has 2 aromatic rings. The van der Waals surface area contributed by atoms with Crippen LogP contribution in [-0.4, -0.2) is 33.7 Å². The van der Waals surface area contributed by atoms with Crippen LogP contribution in [0.4, 0.5) is 0 Å². The molecule has 2 aliphatic rings. The largest absolute Gasteiger partial charge is 0.338 e. The van der Waals surface area contributed by atoms with E-state index in [0.717, 1.165) is 66.9 Å². The molecule has 4 rings (SSSR count). The molecule has 0 spiro atoms. The number of piperidine rings is 1. The van der Waals surface area contributed by atoms with Crippen molar-refractivity contribution in [1.82, 2.24) is 14.7 Å². The van der Waals surface area contributed by atoms with Crippen LogP contribution < -0.4 is 5.56 Å². The third-order valence-corrected chi connectivity index (χ3v) is 6.58. The lowest BCUT2D eigenvalue weighted by Gasteiger charge is -2.32. The first-order chi connectivity index (χ1) is 12.6. The summed E-state index contributed by atoms with van der Waals surface area (Å²) in [6, 6.07) is 3.76. The predicted octanol–water partition coefficient (Wildman–Crippen LogP) is 3.04. The van der Waals surface area contributed by atoms with E-state index >= 15 is 0 Å². The number of thiophene rings is 1. The Kier molecular flexibility index (Phi) is 4.94. The van der Waals surface area contributed by atoms with E-state index in [-0.39, 0.29) is 11.5 Å². The molecule has 0 aromatic carbocycles. The van der Waals surface area contributed by atoms with Gasteiger partial charge in [-0.3, -0.25) is 9.59 Å². The van der Waals surface area contributed by atoms with E-state index in [9.17, 15) is 9.59 Å². The molecule has 1 amide bonds. The maximum absolute atomic E-state index is 12.6. The fourth-order valence-electron chi connectivity index (χ4n) is 3.99. The van der Waals surface area contributed by atoms with Gasteiger partial charge in [-0.25, -0.2) is 4.68 Å². The van der Waals surface area contributed by atoms with E-state index in [4.69, 9.17) is 0 Å². The summed E-state index contributed by atoms with van der Waals surface area (Å²) >= 11 is 1.52. The topological polar surface area (TPSA) is 55.2 Å². The predicted molar refractivity (Wildman–Crippen MR) is 103 cm³/mol. The van der Waals surface area contributed by atoms with Gasteiger partial charge >= 0.3 is 0 Å². The molecule has 0 unspecified atom stereocenters. The number of rotatable bonds is 3. The number of carbonyl (C=O) groups is 1. The van der Waals surface area contributed by atoms with Crippen LogP contribution in [0, 0.1) is 12.8 Å². The van der Waals surface area contributed by atoms with E-state index < -0.39 is 0 Å². The number of hydrogen-bond acceptors (Lipinski definition) is 4. The molecule has 138 valence electrons. The molecule has 0 bridgehead atoms. The smallest absolute Gasteiger partial charge is 0.267 e. The number of amides is 1. The molecule has 5 nitrogen and oxygen atoms in total. The van der Waals surface area contributed by atoms with Crippen molar-refractivity contribution in [3.8, 4) is 0 Å². The summed E-state index contributed by atoms with van der Waals surface area (Å²) in [6.45, 7) is 4.22. The maximum atomic E-state index is 12.6. The van der Waals surface area contributed by atoms with Crippen molar-refractivity contribution in [2.24, 2.45) is 5.92 Å². The molecule has 2 aromatic heterocycles. The van der Waals surface area contributed by atoms with Crippen LogP contribution in [0.1, 0.15) is 52.2 Å². The van der Waals surface area contributed by atoms with Gasteiger partial charge in [-0.05, 0) is 73.9 Å². The summed E-state index contributed by atoms with van der Waals surface area (Å²) in [5, 5.41) is 6.66. The van der Waals surface area contributed by atoms with Gasteiger partial charge in [0.2, 0.25) is 0 Å². The molecule has 1 aliphatic carbocycles. The zero-order chi connectivity index (χ0) is 18.1. The molecular weight excluding hydrogens is 346 g/mol. The van der Waals surface area contributed by atoms with Gasteiger partial charge in [0.15, 0.2) is 0 Å². The lowest BCUT2D eigenvalue weighted by atomic mass is 9.95. The molecule has 1 saturated heterocycles. The Labute approximate surface area is 157 Å². The van der Waals surface area contributed by atoms with Crippen LogP contribution >= 0.6 is 11.3 Å². The van der Waals surface area contributed by atoms with Crippen LogP contribution in [0.25, 0.3) is 0 Å². The van der Waals surface area contributed by atoms with Crippen molar-refractivity contribution in [1.29, 1.82) is 0 Å². The number of aryl methyl sites for hydroxylation is 3. The minimum atomic E-state index is 0.0261. The van der Waals surface area contributed by atoms with Crippen molar-refractivity contribution >= 4 is 17.2 Å². The van der Waals surface area contributed by atoms with Gasteiger partial charge < -0.3 is 4.90 Å². The Morgan fingerprint density at radius 2 is 2.00 bits per heavy atom. The molecular formula is C20H25N3O2S. The standard InChI is InChI=1S/C20H25N3O2S/c1-14-10-18(26-13-14)20(25)22-8-6-15(7-9-22)12-23-19(24)11-16-4-2-3-5-17(16)21-23/h10-11,13,15H,2-9,12H2,1H3. The molecule has 0 atom stereocenters. The van der Waals surface area contributed by atoms with E-state index in [1.165, 1.54) is 17.8 Å². The number of aromatic nitrogens is 2. The van der Waals surface area contributed by atoms with Gasteiger partial charge in [-0.2, -0.15) is 5.10 Å². The molecule has 0 N–H and O–H groups in total. The van der Waals surface area contributed by atoms with E-state index in [1.54, 1.807) is 10.7 Å². The summed E-state index contributed by atoms with van der Waals surface area (Å²) in [5.41, 5.74) is 3.42. The maximum Gasteiger partial charge on any atom is 0.267 e. The van der Waals surface area contributed by atoms with Crippen molar-refractivity contribution in [2.75, 3.05) is 13.1 Å². The highest BCUT2D eigenvalue weighted by atomic mass is 32.1. The number of carbonyl (C=O) groups excluding carboxylic acids is 1. The average molecular weight is 372 g/mol. The van der Waals surface area contributed by atoms with Crippen LogP contribution in [0.15, 0.2) is 22.3 Å². The Balaban J connectivity index is 1.38. The van der Waals surface area contributed by atoms with Gasteiger partial charge in [0, 0.05) is 25.7 Å². The second kappa shape index (κ2) is 7.35. The van der Waals surface area contributed by atoms with E-state index in [1.807, 2.05) is 23.3 Å². The molecule has 0 radical (unpaired) electrons. The first-order valence-corrected chi connectivity index (χ1v) is 10.4. The van der Waals surface area contributed by atoms with E-state index in [0.29, 0.717) is 12.5 Å². The molecule has 1 aliphatic heterocycles. The minimum absolute atomic E-state index is 0.0261. The van der Waals surface area contributed by atoms with Crippen LogP contribution in [0.5, 0.6) is 0 Å². The monoisotopic (exact) mass is 371 g/mol. The summed E-state index contributed by atoms with van der Waals surface area (Å²) in [7, 11) is 0. The number of nitrogens with zero attached hydrogens (tertiary/aromatic N) is 3. The van der Waals surface area contributed by atoms with Gasteiger partial charge in [0.25, 0.3) is 11.5 Å². The summed E-state index contributed by atoms with van der Waals surface area (Å²) < 4.78 is 1.66. The highest BCUT2D eigenvalue weighted by Crippen LogP contribution is 2.23. The normalized spacial score (nSPS) is 18.0.